The van der Waals surface area contributed by atoms with Gasteiger partial charge in [0.25, 0.3) is 0 Å². The summed E-state index contributed by atoms with van der Waals surface area (Å²) in [5.74, 6) is 0.232. The van der Waals surface area contributed by atoms with Crippen molar-refractivity contribution < 1.29 is 21.6 Å². The fourth-order valence-electron chi connectivity index (χ4n) is 1.69. The van der Waals surface area contributed by atoms with Crippen LogP contribution < -0.4 is 4.74 Å². The summed E-state index contributed by atoms with van der Waals surface area (Å²) in [4.78, 5) is 0. The highest BCUT2D eigenvalue weighted by Crippen LogP contribution is 2.29. The summed E-state index contributed by atoms with van der Waals surface area (Å²) < 4.78 is 50.0. The zero-order valence-corrected chi connectivity index (χ0v) is 13.5. The van der Waals surface area contributed by atoms with Gasteiger partial charge in [-0.3, -0.25) is 0 Å². The van der Waals surface area contributed by atoms with Gasteiger partial charge in [-0.05, 0) is 33.6 Å². The highest BCUT2D eigenvalue weighted by molar-refractivity contribution is 9.10. The molecule has 106 valence electrons. The minimum absolute atomic E-state index is 0.0112. The summed E-state index contributed by atoms with van der Waals surface area (Å²) >= 11 is 3.25. The van der Waals surface area contributed by atoms with Gasteiger partial charge in [-0.25, -0.2) is 16.8 Å². The highest BCUT2D eigenvalue weighted by atomic mass is 79.9. The lowest BCUT2D eigenvalue weighted by molar-refractivity contribution is 0.229. The fraction of sp³-hybridized carbons (Fsp3) is 0.400. The summed E-state index contributed by atoms with van der Waals surface area (Å²) in [6, 6.07) is 4.75. The Bertz CT molecular complexity index is 687. The molecule has 1 heterocycles. The number of halogens is 2. The van der Waals surface area contributed by atoms with Gasteiger partial charge in [0.2, 0.25) is 9.05 Å². The smallest absolute Gasteiger partial charge is 0.236 e. The van der Waals surface area contributed by atoms with Crippen LogP contribution in [0.5, 0.6) is 5.75 Å². The second-order valence-electron chi connectivity index (χ2n) is 4.26. The number of benzene rings is 1. The molecule has 0 unspecified atom stereocenters. The molecule has 1 saturated heterocycles. The number of rotatable bonds is 4. The Morgan fingerprint density at radius 1 is 1.37 bits per heavy atom. The Hall–Kier alpha value is -0.310. The van der Waals surface area contributed by atoms with Gasteiger partial charge in [-0.15, -0.1) is 0 Å². The van der Waals surface area contributed by atoms with Crippen molar-refractivity contribution in [2.45, 2.75) is 11.9 Å². The molecule has 2 rings (SSSR count). The quantitative estimate of drug-likeness (QED) is 0.732. The van der Waals surface area contributed by atoms with Crippen LogP contribution in [0.25, 0.3) is 0 Å². The average molecular weight is 390 g/mol. The van der Waals surface area contributed by atoms with Crippen molar-refractivity contribution in [3.8, 4) is 5.75 Å². The van der Waals surface area contributed by atoms with E-state index in [-0.39, 0.29) is 23.4 Å². The third-order valence-electron chi connectivity index (χ3n) is 2.51. The van der Waals surface area contributed by atoms with E-state index in [9.17, 15) is 16.8 Å². The van der Waals surface area contributed by atoms with Crippen LogP contribution in [0.3, 0.4) is 0 Å². The van der Waals surface area contributed by atoms with E-state index in [1.807, 2.05) is 0 Å². The van der Waals surface area contributed by atoms with E-state index in [1.165, 1.54) is 0 Å². The summed E-state index contributed by atoms with van der Waals surface area (Å²) in [7, 11) is -1.37. The van der Waals surface area contributed by atoms with Gasteiger partial charge in [0.1, 0.15) is 11.9 Å². The van der Waals surface area contributed by atoms with Crippen molar-refractivity contribution in [1.29, 1.82) is 0 Å². The van der Waals surface area contributed by atoms with Crippen molar-refractivity contribution in [3.05, 3.63) is 28.2 Å². The molecule has 0 aliphatic carbocycles. The molecule has 1 fully saturated rings. The molecule has 0 N–H and O–H groups in total. The molecule has 1 aliphatic heterocycles. The summed E-state index contributed by atoms with van der Waals surface area (Å²) in [6.45, 7) is 0. The van der Waals surface area contributed by atoms with Gasteiger partial charge in [0.15, 0.2) is 9.84 Å². The van der Waals surface area contributed by atoms with Crippen molar-refractivity contribution in [2.75, 3.05) is 11.5 Å². The molecule has 0 atom stereocenters. The predicted octanol–water partition coefficient (Wildman–Crippen LogP) is 1.69. The van der Waals surface area contributed by atoms with Crippen LogP contribution in [0, 0.1) is 0 Å². The first-order valence-electron chi connectivity index (χ1n) is 5.22. The maximum atomic E-state index is 11.0. The second kappa shape index (κ2) is 5.23. The van der Waals surface area contributed by atoms with Crippen LogP contribution >= 0.6 is 26.6 Å². The van der Waals surface area contributed by atoms with E-state index in [0.29, 0.717) is 15.8 Å². The average Bonchev–Trinajstić information content (AvgIpc) is 2.16. The first kappa shape index (κ1) is 15.1. The molecular formula is C10H10BrClO5S2. The zero-order chi connectivity index (χ0) is 14.3. The van der Waals surface area contributed by atoms with E-state index in [1.54, 1.807) is 18.2 Å². The molecule has 5 nitrogen and oxygen atoms in total. The van der Waals surface area contributed by atoms with Crippen molar-refractivity contribution in [1.82, 2.24) is 0 Å². The maximum Gasteiger partial charge on any atom is 0.236 e. The number of ether oxygens (including phenoxy) is 1. The van der Waals surface area contributed by atoms with E-state index in [4.69, 9.17) is 15.4 Å². The SMILES string of the molecule is O=S(=O)(Cl)Cc1ccc(OC2CS(=O)(=O)C2)c(Br)c1. The summed E-state index contributed by atoms with van der Waals surface area (Å²) in [5, 5.41) is 0. The maximum absolute atomic E-state index is 11.0. The Kier molecular flexibility index (Phi) is 4.15. The minimum Gasteiger partial charge on any atom is -0.487 e. The molecule has 0 saturated carbocycles. The lowest BCUT2D eigenvalue weighted by Crippen LogP contribution is -2.45. The molecule has 0 bridgehead atoms. The van der Waals surface area contributed by atoms with Crippen molar-refractivity contribution in [3.63, 3.8) is 0 Å². The molecule has 0 radical (unpaired) electrons. The van der Waals surface area contributed by atoms with Crippen LogP contribution in [0.2, 0.25) is 0 Å². The first-order chi connectivity index (χ1) is 8.65. The van der Waals surface area contributed by atoms with Crippen LogP contribution in [0.4, 0.5) is 0 Å². The Balaban J connectivity index is 2.08. The molecule has 1 aromatic rings. The number of hydrogen-bond acceptors (Lipinski definition) is 5. The molecule has 0 amide bonds. The monoisotopic (exact) mass is 388 g/mol. The Labute approximate surface area is 124 Å². The summed E-state index contributed by atoms with van der Waals surface area (Å²) in [6.07, 6.45) is -0.344. The van der Waals surface area contributed by atoms with Gasteiger partial charge < -0.3 is 4.74 Å². The van der Waals surface area contributed by atoms with Crippen LogP contribution in [0.15, 0.2) is 22.7 Å². The minimum atomic E-state index is -3.61. The first-order valence-corrected chi connectivity index (χ1v) is 10.3. The molecule has 1 aromatic carbocycles. The molecule has 0 spiro atoms. The normalized spacial score (nSPS) is 18.8. The molecule has 1 aliphatic rings. The highest BCUT2D eigenvalue weighted by Gasteiger charge is 2.35. The van der Waals surface area contributed by atoms with Gasteiger partial charge >= 0.3 is 0 Å². The van der Waals surface area contributed by atoms with E-state index >= 15 is 0 Å². The second-order valence-corrected chi connectivity index (χ2v) is 10.0. The predicted molar refractivity (Wildman–Crippen MR) is 75.7 cm³/mol. The topological polar surface area (TPSA) is 77.5 Å². The van der Waals surface area contributed by atoms with Crippen LogP contribution in [0.1, 0.15) is 5.56 Å². The van der Waals surface area contributed by atoms with Gasteiger partial charge in [-0.1, -0.05) is 6.07 Å². The number of hydrogen-bond donors (Lipinski definition) is 0. The van der Waals surface area contributed by atoms with Crippen LogP contribution in [-0.4, -0.2) is 34.4 Å². The molecule has 19 heavy (non-hydrogen) atoms. The van der Waals surface area contributed by atoms with Crippen molar-refractivity contribution >= 4 is 45.5 Å². The lowest BCUT2D eigenvalue weighted by Gasteiger charge is -2.27. The van der Waals surface area contributed by atoms with E-state index < -0.39 is 18.9 Å². The largest absolute Gasteiger partial charge is 0.487 e. The molecule has 9 heteroatoms. The molecular weight excluding hydrogens is 380 g/mol. The van der Waals surface area contributed by atoms with Gasteiger partial charge in [0.05, 0.1) is 21.7 Å². The van der Waals surface area contributed by atoms with Gasteiger partial charge in [0, 0.05) is 10.7 Å². The summed E-state index contributed by atoms with van der Waals surface area (Å²) in [5.41, 5.74) is 0.524. The van der Waals surface area contributed by atoms with Crippen molar-refractivity contribution in [2.24, 2.45) is 0 Å². The van der Waals surface area contributed by atoms with E-state index in [2.05, 4.69) is 15.9 Å². The zero-order valence-electron chi connectivity index (χ0n) is 9.54. The lowest BCUT2D eigenvalue weighted by atomic mass is 10.2. The number of sulfone groups is 1. The fourth-order valence-corrected chi connectivity index (χ4v) is 4.34. The van der Waals surface area contributed by atoms with Crippen LogP contribution in [-0.2, 0) is 24.6 Å². The molecule has 0 aromatic heterocycles. The third-order valence-corrected chi connectivity index (χ3v) is 5.89. The Morgan fingerprint density at radius 3 is 2.47 bits per heavy atom. The van der Waals surface area contributed by atoms with Gasteiger partial charge in [-0.2, -0.15) is 0 Å². The third kappa shape index (κ3) is 4.34. The van der Waals surface area contributed by atoms with E-state index in [0.717, 1.165) is 0 Å². The Morgan fingerprint density at radius 2 is 2.00 bits per heavy atom. The standard InChI is InChI=1S/C10H10BrClO5S2/c11-9-3-7(4-19(12,15)16)1-2-10(9)17-8-5-18(13,14)6-8/h1-3,8H,4-6H2.